The van der Waals surface area contributed by atoms with Crippen molar-refractivity contribution < 1.29 is 9.50 Å². The molecule has 1 fully saturated rings. The number of benzene rings is 2. The van der Waals surface area contributed by atoms with Crippen molar-refractivity contribution in [3.63, 3.8) is 0 Å². The Kier molecular flexibility index (Phi) is 5.28. The molecule has 32 heavy (non-hydrogen) atoms. The first-order valence-electron chi connectivity index (χ1n) is 9.95. The molecule has 5 nitrogen and oxygen atoms in total. The highest BCUT2D eigenvalue weighted by atomic mass is 35.5. The van der Waals surface area contributed by atoms with Crippen LogP contribution in [0.2, 0.25) is 5.02 Å². The van der Waals surface area contributed by atoms with Crippen LogP contribution in [0.4, 0.5) is 10.1 Å². The van der Waals surface area contributed by atoms with Crippen molar-refractivity contribution in [1.82, 2.24) is 14.9 Å². The zero-order chi connectivity index (χ0) is 22.2. The lowest BCUT2D eigenvalue weighted by Gasteiger charge is -2.29. The Labute approximate surface area is 194 Å². The van der Waals surface area contributed by atoms with Gasteiger partial charge in [-0.05, 0) is 72.9 Å². The quantitative estimate of drug-likeness (QED) is 0.388. The summed E-state index contributed by atoms with van der Waals surface area (Å²) < 4.78 is 15.9. The highest BCUT2D eigenvalue weighted by molar-refractivity contribution is 7.80. The number of thiocarbonyl (C=S) groups is 1. The molecule has 0 spiro atoms. The van der Waals surface area contributed by atoms with E-state index < -0.39 is 0 Å². The van der Waals surface area contributed by atoms with Crippen LogP contribution < -0.4 is 10.2 Å². The minimum Gasteiger partial charge on any atom is -0.506 e. The zero-order valence-electron chi connectivity index (χ0n) is 16.7. The van der Waals surface area contributed by atoms with Gasteiger partial charge in [-0.1, -0.05) is 23.7 Å². The maximum atomic E-state index is 14.0. The molecular formula is C24H18ClFN4OS. The summed E-state index contributed by atoms with van der Waals surface area (Å²) in [7, 11) is 0. The molecule has 2 aromatic heterocycles. The van der Waals surface area contributed by atoms with E-state index in [1.165, 1.54) is 18.2 Å². The monoisotopic (exact) mass is 464 g/mol. The topological polar surface area (TPSA) is 53.3 Å². The number of aromatic hydroxyl groups is 1. The minimum atomic E-state index is -0.389. The van der Waals surface area contributed by atoms with Crippen LogP contribution in [-0.4, -0.2) is 19.8 Å². The molecule has 1 aliphatic heterocycles. The van der Waals surface area contributed by atoms with Crippen molar-refractivity contribution in [2.45, 2.75) is 12.1 Å². The van der Waals surface area contributed by atoms with Crippen molar-refractivity contribution in [1.29, 1.82) is 0 Å². The summed E-state index contributed by atoms with van der Waals surface area (Å²) in [4.78, 5) is 6.37. The molecule has 0 aliphatic carbocycles. The predicted molar refractivity (Wildman–Crippen MR) is 127 cm³/mol. The van der Waals surface area contributed by atoms with E-state index in [-0.39, 0.29) is 23.7 Å². The fourth-order valence-corrected chi connectivity index (χ4v) is 4.61. The average molecular weight is 465 g/mol. The van der Waals surface area contributed by atoms with E-state index in [2.05, 4.69) is 10.3 Å². The summed E-state index contributed by atoms with van der Waals surface area (Å²) in [5.41, 5.74) is 2.79. The highest BCUT2D eigenvalue weighted by Crippen LogP contribution is 2.45. The second kappa shape index (κ2) is 8.26. The number of rotatable bonds is 4. The van der Waals surface area contributed by atoms with Gasteiger partial charge in [0.15, 0.2) is 5.11 Å². The van der Waals surface area contributed by atoms with E-state index in [0.717, 1.165) is 11.4 Å². The van der Waals surface area contributed by atoms with Crippen molar-refractivity contribution in [3.8, 4) is 11.4 Å². The van der Waals surface area contributed by atoms with E-state index in [1.54, 1.807) is 24.4 Å². The first-order chi connectivity index (χ1) is 15.5. The highest BCUT2D eigenvalue weighted by Gasteiger charge is 2.43. The minimum absolute atomic E-state index is 0.0501. The van der Waals surface area contributed by atoms with Crippen LogP contribution in [0.15, 0.2) is 85.2 Å². The van der Waals surface area contributed by atoms with Crippen molar-refractivity contribution in [2.24, 2.45) is 0 Å². The summed E-state index contributed by atoms with van der Waals surface area (Å²) in [6, 6.07) is 20.0. The third-order valence-corrected chi connectivity index (χ3v) is 6.01. The molecular weight excluding hydrogens is 447 g/mol. The SMILES string of the molecule is Oc1ccc(Cl)cc1N1C(=S)N[C@H](c2ccccn2)[C@@H]1c1cccn1-c1cccc(F)c1. The first kappa shape index (κ1) is 20.5. The largest absolute Gasteiger partial charge is 0.506 e. The van der Waals surface area contributed by atoms with E-state index in [9.17, 15) is 9.50 Å². The predicted octanol–water partition coefficient (Wildman–Crippen LogP) is 5.55. The lowest BCUT2D eigenvalue weighted by atomic mass is 10.0. The second-order valence-electron chi connectivity index (χ2n) is 7.41. The molecule has 1 saturated heterocycles. The maximum Gasteiger partial charge on any atom is 0.174 e. The molecule has 0 radical (unpaired) electrons. The number of nitrogens with one attached hydrogen (secondary N) is 1. The van der Waals surface area contributed by atoms with E-state index in [1.807, 2.05) is 52.1 Å². The summed E-state index contributed by atoms with van der Waals surface area (Å²) >= 11 is 12.0. The van der Waals surface area contributed by atoms with Gasteiger partial charge >= 0.3 is 0 Å². The van der Waals surface area contributed by atoms with Gasteiger partial charge in [0.1, 0.15) is 17.6 Å². The number of hydrogen-bond donors (Lipinski definition) is 2. The van der Waals surface area contributed by atoms with E-state index in [0.29, 0.717) is 21.5 Å². The number of phenolic OH excluding ortho intramolecular Hbond substituents is 1. The number of phenols is 1. The first-order valence-corrected chi connectivity index (χ1v) is 10.7. The van der Waals surface area contributed by atoms with Crippen LogP contribution in [0.25, 0.3) is 5.69 Å². The summed E-state index contributed by atoms with van der Waals surface area (Å²) in [6.07, 6.45) is 3.60. The van der Waals surface area contributed by atoms with Crippen LogP contribution in [0, 0.1) is 5.82 Å². The summed E-state index contributed by atoms with van der Waals surface area (Å²) in [5.74, 6) is -0.276. The molecule has 1 aliphatic rings. The Hall–Kier alpha value is -3.42. The van der Waals surface area contributed by atoms with Gasteiger partial charge in [-0.2, -0.15) is 0 Å². The molecule has 3 heterocycles. The fourth-order valence-electron chi connectivity index (χ4n) is 4.10. The summed E-state index contributed by atoms with van der Waals surface area (Å²) in [6.45, 7) is 0. The molecule has 2 aromatic carbocycles. The lowest BCUT2D eigenvalue weighted by molar-refractivity contribution is 0.472. The molecule has 8 heteroatoms. The van der Waals surface area contributed by atoms with Gasteiger partial charge in [-0.3, -0.25) is 4.98 Å². The Morgan fingerprint density at radius 2 is 1.91 bits per heavy atom. The Morgan fingerprint density at radius 3 is 2.69 bits per heavy atom. The number of anilines is 1. The van der Waals surface area contributed by atoms with Gasteiger partial charge in [0, 0.05) is 28.8 Å². The van der Waals surface area contributed by atoms with Gasteiger partial charge in [0.2, 0.25) is 0 Å². The Morgan fingerprint density at radius 1 is 1.03 bits per heavy atom. The standard InChI is InChI=1S/C24H18ClFN4OS/c25-15-9-10-21(31)20(13-15)30-23(22(28-24(30)32)18-7-1-2-11-27-18)19-8-4-12-29(19)17-6-3-5-16(26)14-17/h1-14,22-23,31H,(H,28,32)/t22-,23+/m1/s1. The molecule has 2 atom stereocenters. The number of halogens is 2. The molecule has 160 valence electrons. The number of aromatic nitrogens is 2. The summed E-state index contributed by atoms with van der Waals surface area (Å²) in [5, 5.41) is 14.9. The number of nitrogens with zero attached hydrogens (tertiary/aromatic N) is 3. The Balaban J connectivity index is 1.70. The van der Waals surface area contributed by atoms with Crippen LogP contribution in [0.1, 0.15) is 23.5 Å². The number of pyridine rings is 1. The van der Waals surface area contributed by atoms with Crippen LogP contribution in [0.5, 0.6) is 5.75 Å². The van der Waals surface area contributed by atoms with Gasteiger partial charge in [0.25, 0.3) is 0 Å². The third kappa shape index (κ3) is 3.59. The van der Waals surface area contributed by atoms with Gasteiger partial charge in [0.05, 0.1) is 17.4 Å². The number of hydrogen-bond acceptors (Lipinski definition) is 3. The van der Waals surface area contributed by atoms with Gasteiger partial charge in [-0.15, -0.1) is 0 Å². The molecule has 5 rings (SSSR count). The van der Waals surface area contributed by atoms with Crippen LogP contribution >= 0.6 is 23.8 Å². The second-order valence-corrected chi connectivity index (χ2v) is 8.24. The average Bonchev–Trinajstić information content (AvgIpc) is 3.40. The molecule has 0 amide bonds. The molecule has 0 bridgehead atoms. The van der Waals surface area contributed by atoms with Gasteiger partial charge < -0.3 is 19.9 Å². The maximum absolute atomic E-state index is 14.0. The van der Waals surface area contributed by atoms with Crippen molar-refractivity contribution >= 4 is 34.6 Å². The van der Waals surface area contributed by atoms with Crippen molar-refractivity contribution in [3.05, 3.63) is 107 Å². The van der Waals surface area contributed by atoms with Gasteiger partial charge in [-0.25, -0.2) is 4.39 Å². The Bertz CT molecular complexity index is 1300. The van der Waals surface area contributed by atoms with Crippen LogP contribution in [-0.2, 0) is 0 Å². The van der Waals surface area contributed by atoms with Crippen LogP contribution in [0.3, 0.4) is 0 Å². The van der Waals surface area contributed by atoms with Crippen molar-refractivity contribution in [2.75, 3.05) is 4.90 Å². The normalized spacial score (nSPS) is 18.1. The van der Waals surface area contributed by atoms with E-state index in [4.69, 9.17) is 23.8 Å². The molecule has 2 N–H and O–H groups in total. The zero-order valence-corrected chi connectivity index (χ0v) is 18.3. The fraction of sp³-hybridized carbons (Fsp3) is 0.0833. The lowest BCUT2D eigenvalue weighted by Crippen LogP contribution is -2.30. The third-order valence-electron chi connectivity index (χ3n) is 5.46. The smallest absolute Gasteiger partial charge is 0.174 e. The molecule has 0 saturated carbocycles. The molecule has 4 aromatic rings. The molecule has 0 unspecified atom stereocenters. The van der Waals surface area contributed by atoms with E-state index >= 15 is 0 Å².